The molecule has 3 heterocycles. The molecule has 0 spiro atoms. The molecule has 3 aromatic heterocycles. The Morgan fingerprint density at radius 2 is 2.05 bits per heavy atom. The van der Waals surface area contributed by atoms with Crippen molar-refractivity contribution >= 4 is 50.7 Å². The average molecular weight is 623 g/mol. The number of nitrogens with two attached hydrogens (primary N) is 1. The number of amides is 1. The summed E-state index contributed by atoms with van der Waals surface area (Å²) in [6.45, 7) is 6.51. The van der Waals surface area contributed by atoms with E-state index in [0.717, 1.165) is 42.2 Å². The van der Waals surface area contributed by atoms with Gasteiger partial charge in [0.1, 0.15) is 10.6 Å². The number of carbonyl (C=O) groups is 1. The molecule has 226 valence electrons. The summed E-state index contributed by atoms with van der Waals surface area (Å²) in [6.07, 6.45) is 4.43. The maximum atomic E-state index is 13.7. The minimum Gasteiger partial charge on any atom is -0.383 e. The van der Waals surface area contributed by atoms with Gasteiger partial charge < -0.3 is 15.4 Å². The minimum absolute atomic E-state index is 0.0223. The lowest BCUT2D eigenvalue weighted by Crippen LogP contribution is -2.43. The monoisotopic (exact) mass is 622 g/mol. The Kier molecular flexibility index (Phi) is 9.33. The number of fused-ring (bicyclic) bond motifs is 3. The van der Waals surface area contributed by atoms with Gasteiger partial charge >= 0.3 is 5.69 Å². The van der Waals surface area contributed by atoms with Crippen LogP contribution in [0.25, 0.3) is 10.2 Å². The van der Waals surface area contributed by atoms with Gasteiger partial charge in [0.15, 0.2) is 10.8 Å². The van der Waals surface area contributed by atoms with Gasteiger partial charge in [-0.15, -0.1) is 17.9 Å². The summed E-state index contributed by atoms with van der Waals surface area (Å²) < 4.78 is 7.97. The number of H-pyrrole nitrogens is 1. The van der Waals surface area contributed by atoms with E-state index in [-0.39, 0.29) is 49.1 Å². The topological polar surface area (TPSA) is 145 Å². The van der Waals surface area contributed by atoms with Crippen LogP contribution in [0.3, 0.4) is 0 Å². The van der Waals surface area contributed by atoms with Crippen molar-refractivity contribution in [3.8, 4) is 0 Å². The van der Waals surface area contributed by atoms with E-state index in [9.17, 15) is 19.2 Å². The molecule has 13 heteroatoms. The van der Waals surface area contributed by atoms with Crippen molar-refractivity contribution < 1.29 is 9.53 Å². The standard InChI is InChI=1S/C30H34N6O5S2/c1-4-12-35-28(39)23-20-11-10-18(2)15-21(20)43-27(23)33-30(35)42-17-22(37)34(13-14-41-3)24-25(31)36(29(40)32-26(24)38)16-19-8-6-5-7-9-19/h4-9,18H,1,10-17,31H2,2-3H3,(H,32,38,40)/t18-/m1/s1. The molecule has 1 aliphatic carbocycles. The summed E-state index contributed by atoms with van der Waals surface area (Å²) in [5.41, 5.74) is 6.55. The first-order valence-corrected chi connectivity index (χ1v) is 15.8. The van der Waals surface area contributed by atoms with Crippen LogP contribution in [-0.2, 0) is 35.5 Å². The van der Waals surface area contributed by atoms with Crippen LogP contribution in [0.15, 0.2) is 62.5 Å². The number of aromatic nitrogens is 4. The fraction of sp³-hybridized carbons (Fsp3) is 0.367. The first kappa shape index (κ1) is 30.5. The quantitative estimate of drug-likeness (QED) is 0.148. The number of aryl methyl sites for hydroxylation is 1. The normalized spacial score (nSPS) is 14.5. The lowest BCUT2D eigenvalue weighted by Gasteiger charge is -2.24. The Hall–Kier alpha value is -3.94. The second kappa shape index (κ2) is 13.1. The number of hydrogen-bond acceptors (Lipinski definition) is 9. The third-order valence-electron chi connectivity index (χ3n) is 7.50. The van der Waals surface area contributed by atoms with Crippen LogP contribution in [-0.4, -0.2) is 51.0 Å². The summed E-state index contributed by atoms with van der Waals surface area (Å²) in [5, 5.41) is 1.05. The second-order valence-electron chi connectivity index (χ2n) is 10.5. The Labute approximate surface area is 256 Å². The van der Waals surface area contributed by atoms with Crippen molar-refractivity contribution in [1.82, 2.24) is 19.1 Å². The molecule has 0 unspecified atom stereocenters. The van der Waals surface area contributed by atoms with Gasteiger partial charge in [-0.05, 0) is 36.3 Å². The molecule has 11 nitrogen and oxygen atoms in total. The first-order valence-electron chi connectivity index (χ1n) is 14.0. The molecular formula is C30H34N6O5S2. The molecule has 43 heavy (non-hydrogen) atoms. The molecule has 0 bridgehead atoms. The Morgan fingerprint density at radius 1 is 1.28 bits per heavy atom. The van der Waals surface area contributed by atoms with Crippen LogP contribution in [0.4, 0.5) is 11.5 Å². The zero-order chi connectivity index (χ0) is 30.7. The molecule has 5 rings (SSSR count). The third-order valence-corrected chi connectivity index (χ3v) is 9.61. The molecular weight excluding hydrogens is 589 g/mol. The van der Waals surface area contributed by atoms with E-state index in [1.165, 1.54) is 21.5 Å². The number of thioether (sulfide) groups is 1. The summed E-state index contributed by atoms with van der Waals surface area (Å²) in [4.78, 5) is 63.4. The lowest BCUT2D eigenvalue weighted by molar-refractivity contribution is -0.116. The third kappa shape index (κ3) is 6.24. The number of benzene rings is 1. The van der Waals surface area contributed by atoms with Crippen LogP contribution < -0.4 is 27.4 Å². The lowest BCUT2D eigenvalue weighted by atomic mass is 9.89. The van der Waals surface area contributed by atoms with Gasteiger partial charge in [0.25, 0.3) is 11.1 Å². The minimum atomic E-state index is -0.775. The number of rotatable bonds is 11. The Bertz CT molecular complexity index is 1840. The SMILES string of the molecule is C=CCn1c(SCC(=O)N(CCOC)c2c(N)n(Cc3ccccc3)c(=O)[nH]c2=O)nc2sc3c(c2c1=O)CC[C@@H](C)C3. The number of nitrogen functional groups attached to an aromatic ring is 1. The number of nitrogens with zero attached hydrogens (tertiary/aromatic N) is 4. The van der Waals surface area contributed by atoms with Crippen LogP contribution in [0, 0.1) is 5.92 Å². The number of ether oxygens (including phenoxy) is 1. The number of hydrogen-bond donors (Lipinski definition) is 2. The second-order valence-corrected chi connectivity index (χ2v) is 12.5. The van der Waals surface area contributed by atoms with Crippen LogP contribution in [0.2, 0.25) is 0 Å². The van der Waals surface area contributed by atoms with Gasteiger partial charge in [0.05, 0.1) is 24.3 Å². The van der Waals surface area contributed by atoms with Gasteiger partial charge in [0, 0.05) is 25.1 Å². The number of anilines is 2. The van der Waals surface area contributed by atoms with Gasteiger partial charge in [-0.3, -0.25) is 28.5 Å². The van der Waals surface area contributed by atoms with Crippen molar-refractivity contribution in [2.24, 2.45) is 5.92 Å². The highest BCUT2D eigenvalue weighted by molar-refractivity contribution is 7.99. The number of methoxy groups -OCH3 is 1. The predicted octanol–water partition coefficient (Wildman–Crippen LogP) is 3.02. The summed E-state index contributed by atoms with van der Waals surface area (Å²) in [6, 6.07) is 9.18. The highest BCUT2D eigenvalue weighted by Crippen LogP contribution is 2.36. The van der Waals surface area contributed by atoms with Crippen molar-refractivity contribution in [3.05, 3.63) is 90.2 Å². The molecule has 0 saturated carbocycles. The van der Waals surface area contributed by atoms with Crippen LogP contribution in [0.1, 0.15) is 29.3 Å². The molecule has 1 atom stereocenters. The van der Waals surface area contributed by atoms with E-state index in [0.29, 0.717) is 21.3 Å². The maximum Gasteiger partial charge on any atom is 0.330 e. The van der Waals surface area contributed by atoms with E-state index in [2.05, 4.69) is 18.5 Å². The summed E-state index contributed by atoms with van der Waals surface area (Å²) in [7, 11) is 1.48. The van der Waals surface area contributed by atoms with Crippen molar-refractivity contribution in [2.75, 3.05) is 36.6 Å². The Balaban J connectivity index is 1.48. The summed E-state index contributed by atoms with van der Waals surface area (Å²) in [5.74, 6) is -0.174. The molecule has 4 aromatic rings. The molecule has 0 radical (unpaired) electrons. The molecule has 1 amide bonds. The molecule has 1 aliphatic rings. The van der Waals surface area contributed by atoms with E-state index in [1.54, 1.807) is 22.0 Å². The van der Waals surface area contributed by atoms with E-state index in [1.807, 2.05) is 30.3 Å². The number of aromatic amines is 1. The highest BCUT2D eigenvalue weighted by Gasteiger charge is 2.27. The molecule has 0 saturated heterocycles. The fourth-order valence-corrected chi connectivity index (χ4v) is 7.62. The maximum absolute atomic E-state index is 13.7. The average Bonchev–Trinajstić information content (AvgIpc) is 3.35. The number of allylic oxidation sites excluding steroid dienone is 1. The zero-order valence-electron chi connectivity index (χ0n) is 24.1. The number of carbonyl (C=O) groups excluding carboxylic acids is 1. The fourth-order valence-electron chi connectivity index (χ4n) is 5.31. The predicted molar refractivity (Wildman–Crippen MR) is 171 cm³/mol. The number of nitrogens with one attached hydrogen (secondary N) is 1. The smallest absolute Gasteiger partial charge is 0.330 e. The van der Waals surface area contributed by atoms with E-state index >= 15 is 0 Å². The Morgan fingerprint density at radius 3 is 2.77 bits per heavy atom. The largest absolute Gasteiger partial charge is 0.383 e. The zero-order valence-corrected chi connectivity index (χ0v) is 25.8. The molecule has 0 aliphatic heterocycles. The van der Waals surface area contributed by atoms with Crippen LogP contribution >= 0.6 is 23.1 Å². The van der Waals surface area contributed by atoms with Crippen molar-refractivity contribution in [1.29, 1.82) is 0 Å². The highest BCUT2D eigenvalue weighted by atomic mass is 32.2. The van der Waals surface area contributed by atoms with E-state index < -0.39 is 17.2 Å². The molecule has 3 N–H and O–H groups in total. The van der Waals surface area contributed by atoms with Gasteiger partial charge in [-0.1, -0.05) is 55.1 Å². The van der Waals surface area contributed by atoms with Gasteiger partial charge in [-0.25, -0.2) is 9.78 Å². The van der Waals surface area contributed by atoms with Crippen molar-refractivity contribution in [3.63, 3.8) is 0 Å². The van der Waals surface area contributed by atoms with Crippen molar-refractivity contribution in [2.45, 2.75) is 44.4 Å². The van der Waals surface area contributed by atoms with E-state index in [4.69, 9.17) is 15.5 Å². The van der Waals surface area contributed by atoms with Gasteiger partial charge in [0.2, 0.25) is 5.91 Å². The number of thiophene rings is 1. The molecule has 1 aromatic carbocycles. The first-order chi connectivity index (χ1) is 20.7. The summed E-state index contributed by atoms with van der Waals surface area (Å²) >= 11 is 2.65. The van der Waals surface area contributed by atoms with Gasteiger partial charge in [-0.2, -0.15) is 0 Å². The molecule has 0 fully saturated rings. The van der Waals surface area contributed by atoms with Crippen LogP contribution in [0.5, 0.6) is 0 Å².